The minimum absolute atomic E-state index is 0.125. The van der Waals surface area contributed by atoms with Gasteiger partial charge in [-0.15, -0.1) is 11.8 Å². The largest absolute Gasteiger partial charge is 0.455 e. The molecule has 0 atom stereocenters. The molecule has 0 fully saturated rings. The van der Waals surface area contributed by atoms with Crippen LogP contribution in [0.15, 0.2) is 47.4 Å². The number of benzene rings is 2. The van der Waals surface area contributed by atoms with E-state index in [1.54, 1.807) is 24.3 Å². The number of non-ortho nitro benzene ring substituents is 1. The van der Waals surface area contributed by atoms with E-state index in [4.69, 9.17) is 16.3 Å². The highest BCUT2D eigenvalue weighted by Crippen LogP contribution is 2.37. The first-order valence-electron chi connectivity index (χ1n) is 7.76. The van der Waals surface area contributed by atoms with Crippen LogP contribution in [0.2, 0.25) is 5.02 Å². The fraction of sp³-hybridized carbons (Fsp3) is 0.176. The maximum Gasteiger partial charge on any atom is 0.418 e. The molecular formula is C17H12ClF3N2O5S. The lowest BCUT2D eigenvalue weighted by molar-refractivity contribution is -0.385. The van der Waals surface area contributed by atoms with E-state index in [0.29, 0.717) is 11.1 Å². The van der Waals surface area contributed by atoms with Crippen LogP contribution in [0.4, 0.5) is 24.5 Å². The number of rotatable bonds is 7. The molecule has 0 spiro atoms. The third-order valence-corrected chi connectivity index (χ3v) is 4.57. The number of nitrogens with zero attached hydrogens (tertiary/aromatic N) is 1. The maximum absolute atomic E-state index is 13.1. The lowest BCUT2D eigenvalue weighted by atomic mass is 10.1. The summed E-state index contributed by atoms with van der Waals surface area (Å²) < 4.78 is 43.9. The van der Waals surface area contributed by atoms with Crippen molar-refractivity contribution in [3.63, 3.8) is 0 Å². The van der Waals surface area contributed by atoms with E-state index in [0.717, 1.165) is 28.8 Å². The molecule has 0 radical (unpaired) electrons. The van der Waals surface area contributed by atoms with Gasteiger partial charge in [-0.1, -0.05) is 11.6 Å². The molecule has 0 aliphatic carbocycles. The zero-order chi connectivity index (χ0) is 21.6. The van der Waals surface area contributed by atoms with Crippen molar-refractivity contribution in [3.8, 4) is 0 Å². The molecule has 0 unspecified atom stereocenters. The van der Waals surface area contributed by atoms with E-state index in [2.05, 4.69) is 0 Å². The fourth-order valence-electron chi connectivity index (χ4n) is 2.04. The summed E-state index contributed by atoms with van der Waals surface area (Å²) in [6.07, 6.45) is -4.93. The van der Waals surface area contributed by atoms with Gasteiger partial charge in [-0.25, -0.2) is 0 Å². The third kappa shape index (κ3) is 6.95. The molecule has 29 heavy (non-hydrogen) atoms. The summed E-state index contributed by atoms with van der Waals surface area (Å²) in [4.78, 5) is 33.9. The molecule has 2 aromatic rings. The van der Waals surface area contributed by atoms with E-state index in [1.165, 1.54) is 0 Å². The molecule has 0 aromatic heterocycles. The summed E-state index contributed by atoms with van der Waals surface area (Å²) in [7, 11) is 0. The van der Waals surface area contributed by atoms with Crippen molar-refractivity contribution in [1.29, 1.82) is 0 Å². The highest BCUT2D eigenvalue weighted by atomic mass is 35.5. The first kappa shape index (κ1) is 22.5. The molecule has 0 saturated carbocycles. The molecule has 154 valence electrons. The molecule has 0 heterocycles. The molecule has 1 amide bonds. The summed E-state index contributed by atoms with van der Waals surface area (Å²) >= 11 is 6.87. The molecule has 0 aliphatic rings. The van der Waals surface area contributed by atoms with Gasteiger partial charge in [0, 0.05) is 22.1 Å². The Morgan fingerprint density at radius 2 is 1.83 bits per heavy atom. The van der Waals surface area contributed by atoms with Crippen LogP contribution in [0.3, 0.4) is 0 Å². The van der Waals surface area contributed by atoms with Crippen LogP contribution in [0.5, 0.6) is 0 Å². The van der Waals surface area contributed by atoms with Crippen molar-refractivity contribution >= 4 is 46.6 Å². The van der Waals surface area contributed by atoms with E-state index < -0.39 is 46.5 Å². The smallest absolute Gasteiger partial charge is 0.418 e. The number of hydrogen-bond acceptors (Lipinski definition) is 6. The van der Waals surface area contributed by atoms with Gasteiger partial charge in [0.1, 0.15) is 0 Å². The molecule has 1 N–H and O–H groups in total. The van der Waals surface area contributed by atoms with E-state index in [9.17, 15) is 32.9 Å². The molecule has 2 aromatic carbocycles. The zero-order valence-corrected chi connectivity index (χ0v) is 15.9. The molecular weight excluding hydrogens is 437 g/mol. The van der Waals surface area contributed by atoms with Gasteiger partial charge in [-0.2, -0.15) is 13.2 Å². The van der Waals surface area contributed by atoms with Gasteiger partial charge in [0.25, 0.3) is 11.6 Å². The minimum Gasteiger partial charge on any atom is -0.455 e. The van der Waals surface area contributed by atoms with Gasteiger partial charge < -0.3 is 10.1 Å². The van der Waals surface area contributed by atoms with E-state index in [-0.39, 0.29) is 5.75 Å². The average molecular weight is 449 g/mol. The maximum atomic E-state index is 13.1. The number of thioether (sulfide) groups is 1. The number of nitro benzene ring substituents is 1. The van der Waals surface area contributed by atoms with Gasteiger partial charge in [-0.3, -0.25) is 19.7 Å². The summed E-state index contributed by atoms with van der Waals surface area (Å²) in [5.74, 6) is -1.89. The second-order valence-corrected chi connectivity index (χ2v) is 6.92. The fourth-order valence-corrected chi connectivity index (χ4v) is 2.86. The second kappa shape index (κ2) is 9.61. The molecule has 7 nitrogen and oxygen atoms in total. The summed E-state index contributed by atoms with van der Waals surface area (Å²) in [6.45, 7) is -0.811. The highest BCUT2D eigenvalue weighted by Gasteiger charge is 2.35. The predicted molar refractivity (Wildman–Crippen MR) is 99.9 cm³/mol. The number of halogens is 4. The van der Waals surface area contributed by atoms with Crippen molar-refractivity contribution in [1.82, 2.24) is 0 Å². The predicted octanol–water partition coefficient (Wildman–Crippen LogP) is 4.54. The van der Waals surface area contributed by atoms with Crippen molar-refractivity contribution < 1.29 is 32.4 Å². The number of anilines is 1. The summed E-state index contributed by atoms with van der Waals surface area (Å²) in [6, 6.07) is 8.51. The minimum atomic E-state index is -4.93. The number of alkyl halides is 3. The van der Waals surface area contributed by atoms with Crippen molar-refractivity contribution in [2.75, 3.05) is 17.7 Å². The van der Waals surface area contributed by atoms with Crippen molar-refractivity contribution in [3.05, 3.63) is 63.2 Å². The quantitative estimate of drug-likeness (QED) is 0.289. The van der Waals surface area contributed by atoms with Gasteiger partial charge in [0.2, 0.25) is 0 Å². The molecule has 12 heteroatoms. The van der Waals surface area contributed by atoms with Crippen molar-refractivity contribution in [2.24, 2.45) is 0 Å². The summed E-state index contributed by atoms with van der Waals surface area (Å²) in [5.41, 5.74) is -2.84. The standard InChI is InChI=1S/C17H12ClF3N2O5S/c18-10-1-4-12(5-2-10)29-9-16(25)28-8-15(24)22-14-6-3-11(23(26)27)7-13(14)17(19,20)21/h1-7H,8-9H2,(H,22,24). The SMILES string of the molecule is O=C(COC(=O)CSc1ccc(Cl)cc1)Nc1ccc([N+](=O)[O-])cc1C(F)(F)F. The van der Waals surface area contributed by atoms with Gasteiger partial charge in [0.05, 0.1) is 21.9 Å². The van der Waals surface area contributed by atoms with E-state index in [1.807, 2.05) is 5.32 Å². The van der Waals surface area contributed by atoms with Crippen LogP contribution in [-0.2, 0) is 20.5 Å². The van der Waals surface area contributed by atoms with Crippen LogP contribution in [0.25, 0.3) is 0 Å². The number of hydrogen-bond donors (Lipinski definition) is 1. The Morgan fingerprint density at radius 1 is 1.17 bits per heavy atom. The van der Waals surface area contributed by atoms with Crippen LogP contribution < -0.4 is 5.32 Å². The molecule has 0 bridgehead atoms. The Morgan fingerprint density at radius 3 is 2.41 bits per heavy atom. The van der Waals surface area contributed by atoms with E-state index >= 15 is 0 Å². The molecule has 0 saturated heterocycles. The Kier molecular flexibility index (Phi) is 7.46. The Labute approximate surface area is 171 Å². The number of ether oxygens (including phenoxy) is 1. The first-order valence-corrected chi connectivity index (χ1v) is 9.12. The summed E-state index contributed by atoms with van der Waals surface area (Å²) in [5, 5.41) is 13.1. The Hall–Kier alpha value is -2.79. The number of amides is 1. The molecule has 2 rings (SSSR count). The van der Waals surface area contributed by atoms with Crippen molar-refractivity contribution in [2.45, 2.75) is 11.1 Å². The lowest BCUT2D eigenvalue weighted by Gasteiger charge is -2.13. The van der Waals surface area contributed by atoms with Crippen LogP contribution in [0.1, 0.15) is 5.56 Å². The van der Waals surface area contributed by atoms with Crippen LogP contribution >= 0.6 is 23.4 Å². The number of carbonyl (C=O) groups excluding carboxylic acids is 2. The number of nitrogens with one attached hydrogen (secondary N) is 1. The van der Waals surface area contributed by atoms with Gasteiger partial charge >= 0.3 is 12.1 Å². The van der Waals surface area contributed by atoms with Crippen LogP contribution in [0, 0.1) is 10.1 Å². The average Bonchev–Trinajstić information content (AvgIpc) is 2.65. The monoisotopic (exact) mass is 448 g/mol. The topological polar surface area (TPSA) is 98.5 Å². The zero-order valence-electron chi connectivity index (χ0n) is 14.4. The first-order chi connectivity index (χ1) is 13.6. The second-order valence-electron chi connectivity index (χ2n) is 5.44. The van der Waals surface area contributed by atoms with Crippen LogP contribution in [-0.4, -0.2) is 29.2 Å². The lowest BCUT2D eigenvalue weighted by Crippen LogP contribution is -2.23. The normalized spacial score (nSPS) is 11.0. The molecule has 0 aliphatic heterocycles. The number of carbonyl (C=O) groups is 2. The number of esters is 1. The Balaban J connectivity index is 1.92. The third-order valence-electron chi connectivity index (χ3n) is 3.33. The highest BCUT2D eigenvalue weighted by molar-refractivity contribution is 8.00. The Bertz CT molecular complexity index is 922. The van der Waals surface area contributed by atoms with Gasteiger partial charge in [0.15, 0.2) is 6.61 Å². The number of nitro groups is 1. The van der Waals surface area contributed by atoms with Gasteiger partial charge in [-0.05, 0) is 30.3 Å².